The van der Waals surface area contributed by atoms with Crippen LogP contribution in [-0.4, -0.2) is 21.3 Å². The number of amides is 1. The molecule has 0 aliphatic heterocycles. The van der Waals surface area contributed by atoms with Crippen LogP contribution in [0, 0.1) is 0 Å². The lowest BCUT2D eigenvalue weighted by atomic mass is 10.1. The highest BCUT2D eigenvalue weighted by molar-refractivity contribution is 6.30. The fraction of sp³-hybridized carbons (Fsp3) is 0.118. The molecule has 0 aliphatic carbocycles. The minimum atomic E-state index is -0.315. The highest BCUT2D eigenvalue weighted by atomic mass is 35.5. The van der Waals surface area contributed by atoms with Crippen LogP contribution in [0.3, 0.4) is 0 Å². The van der Waals surface area contributed by atoms with Crippen molar-refractivity contribution in [1.82, 2.24) is 20.7 Å². The second-order valence-corrected chi connectivity index (χ2v) is 5.70. The van der Waals surface area contributed by atoms with Crippen LogP contribution in [0.25, 0.3) is 0 Å². The third kappa shape index (κ3) is 3.72. The summed E-state index contributed by atoms with van der Waals surface area (Å²) in [6.45, 7) is 1.91. The van der Waals surface area contributed by atoms with Crippen molar-refractivity contribution in [3.05, 3.63) is 70.9 Å². The molecule has 24 heavy (non-hydrogen) atoms. The van der Waals surface area contributed by atoms with Crippen LogP contribution in [0.4, 0.5) is 11.5 Å². The van der Waals surface area contributed by atoms with E-state index in [4.69, 9.17) is 11.6 Å². The maximum absolute atomic E-state index is 12.5. The lowest BCUT2D eigenvalue weighted by Crippen LogP contribution is -2.27. The Morgan fingerprint density at radius 2 is 1.92 bits per heavy atom. The summed E-state index contributed by atoms with van der Waals surface area (Å²) in [4.78, 5) is 12.5. The van der Waals surface area contributed by atoms with E-state index in [2.05, 4.69) is 26.0 Å². The molecule has 3 rings (SSSR count). The van der Waals surface area contributed by atoms with Gasteiger partial charge in [0, 0.05) is 10.7 Å². The Morgan fingerprint density at radius 3 is 2.67 bits per heavy atom. The summed E-state index contributed by atoms with van der Waals surface area (Å²) in [6, 6.07) is 16.7. The molecule has 0 fully saturated rings. The summed E-state index contributed by atoms with van der Waals surface area (Å²) in [6.07, 6.45) is 0. The average molecular weight is 342 g/mol. The van der Waals surface area contributed by atoms with Crippen LogP contribution in [0.15, 0.2) is 54.6 Å². The maximum atomic E-state index is 12.5. The van der Waals surface area contributed by atoms with Gasteiger partial charge in [-0.15, -0.1) is 10.2 Å². The average Bonchev–Trinajstić information content (AvgIpc) is 3.04. The molecule has 1 amide bonds. The Labute approximate surface area is 144 Å². The minimum absolute atomic E-state index is 0.144. The van der Waals surface area contributed by atoms with E-state index in [9.17, 15) is 4.79 Å². The van der Waals surface area contributed by atoms with Crippen LogP contribution in [0.1, 0.15) is 29.0 Å². The molecule has 0 saturated carbocycles. The van der Waals surface area contributed by atoms with E-state index in [1.165, 1.54) is 0 Å². The van der Waals surface area contributed by atoms with Gasteiger partial charge in [-0.25, -0.2) is 0 Å². The van der Waals surface area contributed by atoms with E-state index in [1.54, 1.807) is 12.1 Å². The number of carbonyl (C=O) groups excluding carboxylic acids is 1. The molecule has 6 nitrogen and oxygen atoms in total. The predicted molar refractivity (Wildman–Crippen MR) is 93.4 cm³/mol. The smallest absolute Gasteiger partial charge is 0.276 e. The van der Waals surface area contributed by atoms with Crippen LogP contribution in [-0.2, 0) is 0 Å². The first-order chi connectivity index (χ1) is 11.6. The second-order valence-electron chi connectivity index (χ2n) is 5.26. The summed E-state index contributed by atoms with van der Waals surface area (Å²) >= 11 is 5.96. The molecule has 2 aromatic carbocycles. The predicted octanol–water partition coefficient (Wildman–Crippen LogP) is 3.69. The zero-order valence-corrected chi connectivity index (χ0v) is 13.7. The van der Waals surface area contributed by atoms with Crippen LogP contribution < -0.4 is 10.6 Å². The maximum Gasteiger partial charge on any atom is 0.276 e. The van der Waals surface area contributed by atoms with E-state index < -0.39 is 0 Å². The Balaban J connectivity index is 1.73. The molecular formula is C17H16ClN5O. The van der Waals surface area contributed by atoms with Gasteiger partial charge in [0.05, 0.1) is 6.04 Å². The van der Waals surface area contributed by atoms with Crippen molar-refractivity contribution in [2.24, 2.45) is 0 Å². The molecule has 3 N–H and O–H groups in total. The van der Waals surface area contributed by atoms with Crippen LogP contribution >= 0.6 is 11.6 Å². The third-order valence-corrected chi connectivity index (χ3v) is 3.73. The number of benzene rings is 2. The number of H-pyrrole nitrogens is 1. The normalized spacial score (nSPS) is 11.8. The molecule has 0 spiro atoms. The van der Waals surface area contributed by atoms with Gasteiger partial charge in [0.25, 0.3) is 5.91 Å². The first kappa shape index (κ1) is 16.0. The molecule has 0 bridgehead atoms. The summed E-state index contributed by atoms with van der Waals surface area (Å²) in [5, 5.41) is 16.9. The number of rotatable bonds is 5. The molecule has 7 heteroatoms. The van der Waals surface area contributed by atoms with E-state index in [0.717, 1.165) is 11.3 Å². The van der Waals surface area contributed by atoms with Crippen molar-refractivity contribution in [3.8, 4) is 0 Å². The monoisotopic (exact) mass is 341 g/mol. The van der Waals surface area contributed by atoms with Gasteiger partial charge in [0.2, 0.25) is 0 Å². The van der Waals surface area contributed by atoms with Crippen molar-refractivity contribution in [1.29, 1.82) is 0 Å². The lowest BCUT2D eigenvalue weighted by Gasteiger charge is -2.13. The molecule has 1 aromatic heterocycles. The number of nitrogens with zero attached hydrogens (tertiary/aromatic N) is 2. The fourth-order valence-corrected chi connectivity index (χ4v) is 2.46. The van der Waals surface area contributed by atoms with Crippen LogP contribution in [0.5, 0.6) is 0 Å². The zero-order chi connectivity index (χ0) is 16.9. The van der Waals surface area contributed by atoms with Crippen LogP contribution in [0.2, 0.25) is 5.02 Å². The van der Waals surface area contributed by atoms with Gasteiger partial charge in [-0.2, -0.15) is 5.21 Å². The van der Waals surface area contributed by atoms with Gasteiger partial charge in [-0.05, 0) is 30.7 Å². The molecule has 0 aliphatic rings. The molecule has 0 saturated heterocycles. The van der Waals surface area contributed by atoms with Crippen molar-refractivity contribution in [2.75, 3.05) is 5.32 Å². The Bertz CT molecular complexity index is 834. The first-order valence-electron chi connectivity index (χ1n) is 7.42. The molecule has 0 unspecified atom stereocenters. The van der Waals surface area contributed by atoms with Gasteiger partial charge < -0.3 is 10.6 Å². The SMILES string of the molecule is C[C@H](NC(=O)c1n[nH]nc1Nc1cccc(Cl)c1)c1ccccc1. The standard InChI is InChI=1S/C17H16ClN5O/c1-11(12-6-3-2-4-7-12)19-17(24)15-16(22-23-21-15)20-14-9-5-8-13(18)10-14/h2-11H,1H3,(H,19,24)(H2,20,21,22,23)/t11-/m0/s1. The molecule has 1 atom stereocenters. The van der Waals surface area contributed by atoms with Gasteiger partial charge in [-0.3, -0.25) is 4.79 Å². The highest BCUT2D eigenvalue weighted by Gasteiger charge is 2.19. The Morgan fingerprint density at radius 1 is 1.12 bits per heavy atom. The topological polar surface area (TPSA) is 82.7 Å². The molecule has 122 valence electrons. The summed E-state index contributed by atoms with van der Waals surface area (Å²) in [5.41, 5.74) is 1.93. The first-order valence-corrected chi connectivity index (χ1v) is 7.80. The van der Waals surface area contributed by atoms with E-state index >= 15 is 0 Å². The summed E-state index contributed by atoms with van der Waals surface area (Å²) in [5.74, 6) is 0.0275. The molecule has 3 aromatic rings. The van der Waals surface area contributed by atoms with Gasteiger partial charge >= 0.3 is 0 Å². The van der Waals surface area contributed by atoms with Crippen molar-refractivity contribution in [2.45, 2.75) is 13.0 Å². The van der Waals surface area contributed by atoms with Gasteiger partial charge in [-0.1, -0.05) is 48.0 Å². The zero-order valence-electron chi connectivity index (χ0n) is 13.0. The van der Waals surface area contributed by atoms with E-state index in [-0.39, 0.29) is 17.6 Å². The van der Waals surface area contributed by atoms with Crippen molar-refractivity contribution in [3.63, 3.8) is 0 Å². The lowest BCUT2D eigenvalue weighted by molar-refractivity contribution is 0.0935. The molecule has 0 radical (unpaired) electrons. The largest absolute Gasteiger partial charge is 0.344 e. The molecule has 1 heterocycles. The number of hydrogen-bond donors (Lipinski definition) is 3. The summed E-state index contributed by atoms with van der Waals surface area (Å²) in [7, 11) is 0. The number of halogens is 1. The quantitative estimate of drug-likeness (QED) is 0.661. The third-order valence-electron chi connectivity index (χ3n) is 3.50. The number of nitrogens with one attached hydrogen (secondary N) is 3. The number of aromatic nitrogens is 3. The van der Waals surface area contributed by atoms with Gasteiger partial charge in [0.15, 0.2) is 11.5 Å². The van der Waals surface area contributed by atoms with E-state index in [0.29, 0.717) is 10.8 Å². The molecular weight excluding hydrogens is 326 g/mol. The number of hydrogen-bond acceptors (Lipinski definition) is 4. The van der Waals surface area contributed by atoms with Crippen molar-refractivity contribution < 1.29 is 4.79 Å². The van der Waals surface area contributed by atoms with Crippen molar-refractivity contribution >= 4 is 29.0 Å². The fourth-order valence-electron chi connectivity index (χ4n) is 2.27. The number of aromatic amines is 1. The highest BCUT2D eigenvalue weighted by Crippen LogP contribution is 2.21. The number of carbonyl (C=O) groups is 1. The summed E-state index contributed by atoms with van der Waals surface area (Å²) < 4.78 is 0. The Hall–Kier alpha value is -2.86. The minimum Gasteiger partial charge on any atom is -0.344 e. The Kier molecular flexibility index (Phi) is 4.77. The van der Waals surface area contributed by atoms with Gasteiger partial charge in [0.1, 0.15) is 0 Å². The van der Waals surface area contributed by atoms with E-state index in [1.807, 2.05) is 49.4 Å². The number of anilines is 2. The second kappa shape index (κ2) is 7.14.